The zero-order valence-electron chi connectivity index (χ0n) is 6.86. The Kier molecular flexibility index (Phi) is 3.20. The summed E-state index contributed by atoms with van der Waals surface area (Å²) in [5, 5.41) is 8.54. The molecule has 0 unspecified atom stereocenters. The van der Waals surface area contributed by atoms with Gasteiger partial charge >= 0.3 is 6.09 Å². The van der Waals surface area contributed by atoms with Gasteiger partial charge in [-0.25, -0.2) is 9.18 Å². The summed E-state index contributed by atoms with van der Waals surface area (Å²) in [6.07, 6.45) is 0.449. The molecule has 3 nitrogen and oxygen atoms in total. The third-order valence-electron chi connectivity index (χ3n) is 2.06. The molecular weight excluding hydrogens is 181 g/mol. The van der Waals surface area contributed by atoms with Crippen molar-refractivity contribution in [3.8, 4) is 0 Å². The molecule has 70 valence electrons. The van der Waals surface area contributed by atoms with Crippen molar-refractivity contribution < 1.29 is 14.3 Å². The highest BCUT2D eigenvalue weighted by molar-refractivity contribution is 7.99. The normalized spacial score (nSPS) is 30.3. The summed E-state index contributed by atoms with van der Waals surface area (Å²) in [5.74, 6) is 0. The van der Waals surface area contributed by atoms with Crippen LogP contribution in [0.2, 0.25) is 0 Å². The summed E-state index contributed by atoms with van der Waals surface area (Å²) in [6, 6.07) is 0. The van der Waals surface area contributed by atoms with E-state index in [0.29, 0.717) is 13.0 Å². The minimum absolute atomic E-state index is 0.0272. The van der Waals surface area contributed by atoms with E-state index in [9.17, 15) is 9.18 Å². The van der Waals surface area contributed by atoms with E-state index in [2.05, 4.69) is 0 Å². The van der Waals surface area contributed by atoms with E-state index in [-0.39, 0.29) is 11.8 Å². The van der Waals surface area contributed by atoms with Crippen molar-refractivity contribution in [1.82, 2.24) is 4.90 Å². The smallest absolute Gasteiger partial charge is 0.407 e. The number of halogens is 1. The van der Waals surface area contributed by atoms with Crippen LogP contribution >= 0.6 is 11.8 Å². The zero-order valence-corrected chi connectivity index (χ0v) is 7.68. The van der Waals surface area contributed by atoms with Gasteiger partial charge in [-0.2, -0.15) is 11.8 Å². The van der Waals surface area contributed by atoms with Gasteiger partial charge in [-0.1, -0.05) is 0 Å². The van der Waals surface area contributed by atoms with Crippen LogP contribution in [0.1, 0.15) is 6.42 Å². The lowest BCUT2D eigenvalue weighted by molar-refractivity contribution is 0.110. The highest BCUT2D eigenvalue weighted by Gasteiger charge is 2.30. The van der Waals surface area contributed by atoms with Gasteiger partial charge in [0, 0.05) is 11.8 Å². The standard InChI is InChI=1S/C7H12FNO2S/c1-12-6-2-3-9(7(10)11)4-5(6)8/h5-6H,2-4H2,1H3,(H,10,11)/t5-,6+/m1/s1. The number of nitrogens with zero attached hydrogens (tertiary/aromatic N) is 1. The minimum Gasteiger partial charge on any atom is -0.465 e. The number of hydrogen-bond donors (Lipinski definition) is 1. The fourth-order valence-electron chi connectivity index (χ4n) is 1.32. The number of rotatable bonds is 1. The quantitative estimate of drug-likeness (QED) is 0.685. The highest BCUT2D eigenvalue weighted by Crippen LogP contribution is 2.23. The molecule has 0 bridgehead atoms. The first kappa shape index (κ1) is 9.64. The van der Waals surface area contributed by atoms with Crippen LogP contribution in [0, 0.1) is 0 Å². The zero-order chi connectivity index (χ0) is 9.14. The molecule has 0 aromatic carbocycles. The molecule has 1 rings (SSSR count). The van der Waals surface area contributed by atoms with Gasteiger partial charge in [0.25, 0.3) is 0 Å². The second kappa shape index (κ2) is 3.98. The molecule has 1 aliphatic rings. The molecule has 0 saturated carbocycles. The van der Waals surface area contributed by atoms with Crippen LogP contribution in [-0.2, 0) is 0 Å². The summed E-state index contributed by atoms with van der Waals surface area (Å²) in [5.41, 5.74) is 0. The van der Waals surface area contributed by atoms with Gasteiger partial charge in [0.2, 0.25) is 0 Å². The monoisotopic (exact) mass is 193 g/mol. The van der Waals surface area contributed by atoms with Crippen molar-refractivity contribution in [3.63, 3.8) is 0 Å². The van der Waals surface area contributed by atoms with Crippen LogP contribution in [0.15, 0.2) is 0 Å². The molecule has 1 amide bonds. The summed E-state index contributed by atoms with van der Waals surface area (Å²) < 4.78 is 13.1. The molecule has 0 aromatic rings. The lowest BCUT2D eigenvalue weighted by atomic mass is 10.1. The summed E-state index contributed by atoms with van der Waals surface area (Å²) in [7, 11) is 0. The van der Waals surface area contributed by atoms with Crippen LogP contribution in [0.4, 0.5) is 9.18 Å². The topological polar surface area (TPSA) is 40.5 Å². The maximum atomic E-state index is 13.1. The first-order chi connectivity index (χ1) is 5.65. The fourth-order valence-corrected chi connectivity index (χ4v) is 2.05. The van der Waals surface area contributed by atoms with E-state index in [4.69, 9.17) is 5.11 Å². The van der Waals surface area contributed by atoms with Gasteiger partial charge in [-0.05, 0) is 12.7 Å². The van der Waals surface area contributed by atoms with Gasteiger partial charge in [-0.3, -0.25) is 0 Å². The van der Waals surface area contributed by atoms with Crippen LogP contribution in [-0.4, -0.2) is 46.9 Å². The Morgan fingerprint density at radius 3 is 2.83 bits per heavy atom. The Balaban J connectivity index is 2.46. The predicted molar refractivity (Wildman–Crippen MR) is 46.4 cm³/mol. The van der Waals surface area contributed by atoms with Crippen molar-refractivity contribution in [2.24, 2.45) is 0 Å². The summed E-state index contributed by atoms with van der Waals surface area (Å²) in [4.78, 5) is 11.6. The second-order valence-corrected chi connectivity index (χ2v) is 3.88. The predicted octanol–water partition coefficient (Wildman–Crippen LogP) is 1.44. The number of piperidine rings is 1. The Hall–Kier alpha value is -0.450. The lowest BCUT2D eigenvalue weighted by Crippen LogP contribution is -2.45. The van der Waals surface area contributed by atoms with Crippen molar-refractivity contribution in [1.29, 1.82) is 0 Å². The van der Waals surface area contributed by atoms with E-state index in [0.717, 1.165) is 4.90 Å². The molecule has 2 atom stereocenters. The van der Waals surface area contributed by atoms with E-state index in [1.54, 1.807) is 0 Å². The molecule has 0 aliphatic carbocycles. The first-order valence-electron chi connectivity index (χ1n) is 3.80. The molecule has 1 heterocycles. The van der Waals surface area contributed by atoms with E-state index in [1.165, 1.54) is 11.8 Å². The lowest BCUT2D eigenvalue weighted by Gasteiger charge is -2.31. The van der Waals surface area contributed by atoms with Crippen molar-refractivity contribution in [3.05, 3.63) is 0 Å². The van der Waals surface area contributed by atoms with E-state index < -0.39 is 12.3 Å². The summed E-state index contributed by atoms with van der Waals surface area (Å²) >= 11 is 1.47. The molecule has 12 heavy (non-hydrogen) atoms. The van der Waals surface area contributed by atoms with Crippen molar-refractivity contribution >= 4 is 17.9 Å². The van der Waals surface area contributed by atoms with Crippen molar-refractivity contribution in [2.75, 3.05) is 19.3 Å². The second-order valence-electron chi connectivity index (χ2n) is 2.81. The SMILES string of the molecule is CS[C@H]1CCN(C(=O)O)C[C@H]1F. The van der Waals surface area contributed by atoms with E-state index >= 15 is 0 Å². The van der Waals surface area contributed by atoms with Gasteiger partial charge in [-0.15, -0.1) is 0 Å². The third kappa shape index (κ3) is 2.03. The van der Waals surface area contributed by atoms with Gasteiger partial charge in [0.1, 0.15) is 6.17 Å². The molecule has 0 spiro atoms. The maximum absolute atomic E-state index is 13.1. The molecular formula is C7H12FNO2S. The van der Waals surface area contributed by atoms with E-state index in [1.807, 2.05) is 6.26 Å². The van der Waals surface area contributed by atoms with Crippen molar-refractivity contribution in [2.45, 2.75) is 17.8 Å². The maximum Gasteiger partial charge on any atom is 0.407 e. The third-order valence-corrected chi connectivity index (χ3v) is 3.19. The Labute approximate surface area is 74.9 Å². The molecule has 5 heteroatoms. The Bertz CT molecular complexity index is 179. The highest BCUT2D eigenvalue weighted by atomic mass is 32.2. The van der Waals surface area contributed by atoms with Crippen LogP contribution in [0.25, 0.3) is 0 Å². The number of hydrogen-bond acceptors (Lipinski definition) is 2. The number of carbonyl (C=O) groups is 1. The summed E-state index contributed by atoms with van der Waals surface area (Å²) in [6.45, 7) is 0.488. The van der Waals surface area contributed by atoms with Gasteiger partial charge in [0.15, 0.2) is 0 Å². The van der Waals surface area contributed by atoms with Crippen LogP contribution in [0.5, 0.6) is 0 Å². The largest absolute Gasteiger partial charge is 0.465 e. The molecule has 1 aliphatic heterocycles. The van der Waals surface area contributed by atoms with Crippen LogP contribution < -0.4 is 0 Å². The number of likely N-dealkylation sites (tertiary alicyclic amines) is 1. The molecule has 1 saturated heterocycles. The number of alkyl halides is 1. The number of carboxylic acid groups (broad SMARTS) is 1. The molecule has 1 fully saturated rings. The Morgan fingerprint density at radius 1 is 1.75 bits per heavy atom. The molecule has 0 aromatic heterocycles. The molecule has 1 N–H and O–H groups in total. The minimum atomic E-state index is -1.02. The average Bonchev–Trinajstić information content (AvgIpc) is 2.04. The van der Waals surface area contributed by atoms with Gasteiger partial charge in [0.05, 0.1) is 6.54 Å². The van der Waals surface area contributed by atoms with Gasteiger partial charge < -0.3 is 10.0 Å². The van der Waals surface area contributed by atoms with Crippen LogP contribution in [0.3, 0.4) is 0 Å². The Morgan fingerprint density at radius 2 is 2.42 bits per heavy atom. The average molecular weight is 193 g/mol. The number of amides is 1. The molecule has 0 radical (unpaired) electrons. The first-order valence-corrected chi connectivity index (χ1v) is 5.08. The fraction of sp³-hybridized carbons (Fsp3) is 0.857. The number of thioether (sulfide) groups is 1.